The Hall–Kier alpha value is -0.830. The number of rotatable bonds is 7. The number of benzene rings is 1. The maximum Gasteiger partial charge on any atom is 0.178 e. The van der Waals surface area contributed by atoms with Crippen LogP contribution in [0.15, 0.2) is 29.2 Å². The molecule has 0 amide bonds. The molecule has 0 radical (unpaired) electrons. The van der Waals surface area contributed by atoms with E-state index in [1.165, 1.54) is 6.42 Å². The second-order valence-electron chi connectivity index (χ2n) is 5.14. The third-order valence-electron chi connectivity index (χ3n) is 3.44. The highest BCUT2D eigenvalue weighted by atomic mass is 32.2. The van der Waals surface area contributed by atoms with Gasteiger partial charge in [-0.05, 0) is 31.4 Å². The Labute approximate surface area is 111 Å². The molecular formula is C15H24O2S. The maximum absolute atomic E-state index is 12.1. The number of unbranched alkanes of at least 4 members (excludes halogenated alkanes) is 1. The summed E-state index contributed by atoms with van der Waals surface area (Å²) in [5, 5.41) is 0. The van der Waals surface area contributed by atoms with Gasteiger partial charge < -0.3 is 0 Å². The fourth-order valence-electron chi connectivity index (χ4n) is 1.85. The zero-order valence-corrected chi connectivity index (χ0v) is 12.5. The summed E-state index contributed by atoms with van der Waals surface area (Å²) in [6.45, 7) is 6.35. The largest absolute Gasteiger partial charge is 0.224 e. The molecule has 0 spiro atoms. The van der Waals surface area contributed by atoms with Crippen molar-refractivity contribution in [3.05, 3.63) is 29.8 Å². The third kappa shape index (κ3) is 4.81. The third-order valence-corrected chi connectivity index (χ3v) is 5.25. The summed E-state index contributed by atoms with van der Waals surface area (Å²) in [4.78, 5) is 0.455. The molecule has 1 atom stereocenters. The van der Waals surface area contributed by atoms with Gasteiger partial charge >= 0.3 is 0 Å². The first-order valence-electron chi connectivity index (χ1n) is 6.75. The Morgan fingerprint density at radius 1 is 1.11 bits per heavy atom. The van der Waals surface area contributed by atoms with Gasteiger partial charge in [0.25, 0.3) is 0 Å². The molecule has 18 heavy (non-hydrogen) atoms. The first-order chi connectivity index (χ1) is 8.45. The lowest BCUT2D eigenvalue weighted by Gasteiger charge is -2.08. The topological polar surface area (TPSA) is 34.1 Å². The maximum atomic E-state index is 12.1. The van der Waals surface area contributed by atoms with Gasteiger partial charge in [-0.1, -0.05) is 50.8 Å². The molecule has 0 unspecified atom stereocenters. The van der Waals surface area contributed by atoms with E-state index in [1.807, 2.05) is 19.1 Å². The van der Waals surface area contributed by atoms with E-state index in [1.54, 1.807) is 12.1 Å². The standard InChI is InChI=1S/C15H24O2S/c1-4-13(2)7-5-6-12-18(16,17)15-10-8-14(3)9-11-15/h8-11,13H,4-7,12H2,1-3H3/t13-/m1/s1. The first-order valence-corrected chi connectivity index (χ1v) is 8.40. The van der Waals surface area contributed by atoms with E-state index >= 15 is 0 Å². The van der Waals surface area contributed by atoms with Gasteiger partial charge in [0.1, 0.15) is 0 Å². The highest BCUT2D eigenvalue weighted by Crippen LogP contribution is 2.16. The minimum atomic E-state index is -3.08. The smallest absolute Gasteiger partial charge is 0.178 e. The lowest BCUT2D eigenvalue weighted by atomic mass is 10.0. The fourth-order valence-corrected chi connectivity index (χ4v) is 3.22. The monoisotopic (exact) mass is 268 g/mol. The molecule has 0 aliphatic rings. The Kier molecular flexibility index (Phi) is 5.86. The van der Waals surface area contributed by atoms with E-state index in [0.29, 0.717) is 10.8 Å². The Bertz CT molecular complexity index is 446. The van der Waals surface area contributed by atoms with Crippen molar-refractivity contribution in [3.63, 3.8) is 0 Å². The fraction of sp³-hybridized carbons (Fsp3) is 0.600. The number of aryl methyl sites for hydroxylation is 1. The minimum absolute atomic E-state index is 0.270. The molecule has 0 saturated carbocycles. The van der Waals surface area contributed by atoms with Crippen molar-refractivity contribution in [1.82, 2.24) is 0 Å². The van der Waals surface area contributed by atoms with Gasteiger partial charge in [-0.2, -0.15) is 0 Å². The average molecular weight is 268 g/mol. The summed E-state index contributed by atoms with van der Waals surface area (Å²) in [5.74, 6) is 0.971. The second kappa shape index (κ2) is 6.93. The van der Waals surface area contributed by atoms with Gasteiger partial charge in [-0.25, -0.2) is 8.42 Å². The van der Waals surface area contributed by atoms with Crippen LogP contribution in [-0.2, 0) is 9.84 Å². The van der Waals surface area contributed by atoms with E-state index in [-0.39, 0.29) is 5.75 Å². The molecule has 1 aromatic rings. The number of hydrogen-bond acceptors (Lipinski definition) is 2. The predicted octanol–water partition coefficient (Wildman–Crippen LogP) is 3.99. The van der Waals surface area contributed by atoms with Crippen LogP contribution in [0.2, 0.25) is 0 Å². The van der Waals surface area contributed by atoms with Crippen molar-refractivity contribution in [2.24, 2.45) is 5.92 Å². The van der Waals surface area contributed by atoms with Crippen LogP contribution in [0.4, 0.5) is 0 Å². The summed E-state index contributed by atoms with van der Waals surface area (Å²) in [5.41, 5.74) is 1.09. The van der Waals surface area contributed by atoms with Crippen LogP contribution in [-0.4, -0.2) is 14.2 Å². The van der Waals surface area contributed by atoms with Crippen molar-refractivity contribution >= 4 is 9.84 Å². The average Bonchev–Trinajstić information content (AvgIpc) is 2.35. The van der Waals surface area contributed by atoms with Gasteiger partial charge in [0.05, 0.1) is 10.6 Å². The van der Waals surface area contributed by atoms with Crippen LogP contribution in [0.3, 0.4) is 0 Å². The summed E-state index contributed by atoms with van der Waals surface area (Å²) >= 11 is 0. The molecular weight excluding hydrogens is 244 g/mol. The van der Waals surface area contributed by atoms with Crippen LogP contribution in [0.1, 0.15) is 45.1 Å². The molecule has 0 N–H and O–H groups in total. The number of sulfone groups is 1. The summed E-state index contributed by atoms with van der Waals surface area (Å²) in [7, 11) is -3.08. The Morgan fingerprint density at radius 3 is 2.28 bits per heavy atom. The lowest BCUT2D eigenvalue weighted by Crippen LogP contribution is -2.07. The lowest BCUT2D eigenvalue weighted by molar-refractivity contribution is 0.490. The van der Waals surface area contributed by atoms with Crippen molar-refractivity contribution in [2.45, 2.75) is 51.3 Å². The van der Waals surface area contributed by atoms with Crippen LogP contribution in [0, 0.1) is 12.8 Å². The Balaban J connectivity index is 2.48. The molecule has 0 bridgehead atoms. The zero-order valence-electron chi connectivity index (χ0n) is 11.6. The van der Waals surface area contributed by atoms with Crippen molar-refractivity contribution in [3.8, 4) is 0 Å². The van der Waals surface area contributed by atoms with Crippen LogP contribution in [0.25, 0.3) is 0 Å². The molecule has 3 heteroatoms. The van der Waals surface area contributed by atoms with Crippen molar-refractivity contribution in [1.29, 1.82) is 0 Å². The summed E-state index contributed by atoms with van der Waals surface area (Å²) in [6.07, 6.45) is 4.06. The minimum Gasteiger partial charge on any atom is -0.224 e. The predicted molar refractivity (Wildman–Crippen MR) is 76.5 cm³/mol. The van der Waals surface area contributed by atoms with E-state index < -0.39 is 9.84 Å². The SMILES string of the molecule is CC[C@@H](C)CCCCS(=O)(=O)c1ccc(C)cc1. The molecule has 0 aliphatic carbocycles. The highest BCUT2D eigenvalue weighted by molar-refractivity contribution is 7.91. The molecule has 1 aromatic carbocycles. The van der Waals surface area contributed by atoms with E-state index in [2.05, 4.69) is 13.8 Å². The van der Waals surface area contributed by atoms with E-state index in [0.717, 1.165) is 24.8 Å². The molecule has 0 aliphatic heterocycles. The van der Waals surface area contributed by atoms with Gasteiger partial charge in [0, 0.05) is 0 Å². The van der Waals surface area contributed by atoms with Gasteiger partial charge in [-0.3, -0.25) is 0 Å². The molecule has 102 valence electrons. The first kappa shape index (κ1) is 15.2. The summed E-state index contributed by atoms with van der Waals surface area (Å²) in [6, 6.07) is 7.12. The van der Waals surface area contributed by atoms with Crippen LogP contribution >= 0.6 is 0 Å². The molecule has 0 heterocycles. The number of hydrogen-bond donors (Lipinski definition) is 0. The normalized spacial score (nSPS) is 13.5. The van der Waals surface area contributed by atoms with Crippen LogP contribution in [0.5, 0.6) is 0 Å². The zero-order chi connectivity index (χ0) is 13.6. The van der Waals surface area contributed by atoms with Crippen molar-refractivity contribution < 1.29 is 8.42 Å². The molecule has 0 saturated heterocycles. The van der Waals surface area contributed by atoms with E-state index in [4.69, 9.17) is 0 Å². The van der Waals surface area contributed by atoms with E-state index in [9.17, 15) is 8.42 Å². The molecule has 1 rings (SSSR count). The quantitative estimate of drug-likeness (QED) is 0.701. The van der Waals surface area contributed by atoms with Crippen molar-refractivity contribution in [2.75, 3.05) is 5.75 Å². The second-order valence-corrected chi connectivity index (χ2v) is 7.25. The van der Waals surface area contributed by atoms with Gasteiger partial charge in [-0.15, -0.1) is 0 Å². The van der Waals surface area contributed by atoms with Gasteiger partial charge in [0.15, 0.2) is 9.84 Å². The molecule has 2 nitrogen and oxygen atoms in total. The van der Waals surface area contributed by atoms with Crippen LogP contribution < -0.4 is 0 Å². The highest BCUT2D eigenvalue weighted by Gasteiger charge is 2.13. The Morgan fingerprint density at radius 2 is 1.72 bits per heavy atom. The summed E-state index contributed by atoms with van der Waals surface area (Å²) < 4.78 is 24.1. The van der Waals surface area contributed by atoms with Gasteiger partial charge in [0.2, 0.25) is 0 Å². The molecule has 0 fully saturated rings. The molecule has 0 aromatic heterocycles.